The van der Waals surface area contributed by atoms with Crippen molar-refractivity contribution < 1.29 is 4.74 Å². The maximum atomic E-state index is 5.87. The highest BCUT2D eigenvalue weighted by Crippen LogP contribution is 2.26. The molecule has 0 saturated carbocycles. The van der Waals surface area contributed by atoms with Gasteiger partial charge in [0.15, 0.2) is 0 Å². The molecule has 2 N–H and O–H groups in total. The number of ether oxygens (including phenoxy) is 1. The first-order valence-corrected chi connectivity index (χ1v) is 5.47. The molecule has 0 unspecified atom stereocenters. The predicted octanol–water partition coefficient (Wildman–Crippen LogP) is 2.54. The molecule has 78 valence electrons. The van der Waals surface area contributed by atoms with E-state index < -0.39 is 0 Å². The van der Waals surface area contributed by atoms with Gasteiger partial charge < -0.3 is 10.5 Å². The van der Waals surface area contributed by atoms with Crippen LogP contribution < -0.4 is 5.73 Å². The number of aromatic nitrogens is 1. The Hall–Kier alpha value is -1.39. The summed E-state index contributed by atoms with van der Waals surface area (Å²) in [6.45, 7) is 0.553. The minimum atomic E-state index is 0.553. The third-order valence-corrected chi connectivity index (χ3v) is 2.88. The Morgan fingerprint density at radius 1 is 1.40 bits per heavy atom. The Balaban J connectivity index is 2.33. The summed E-state index contributed by atoms with van der Waals surface area (Å²) in [5.41, 5.74) is 8.53. The number of nitrogen functional groups attached to an aromatic ring is 1. The van der Waals surface area contributed by atoms with E-state index >= 15 is 0 Å². The van der Waals surface area contributed by atoms with Crippen LogP contribution in [0.4, 0.5) is 5.69 Å². The van der Waals surface area contributed by atoms with Gasteiger partial charge in [0.1, 0.15) is 5.01 Å². The van der Waals surface area contributed by atoms with Gasteiger partial charge in [0, 0.05) is 23.7 Å². The highest BCUT2D eigenvalue weighted by atomic mass is 32.1. The van der Waals surface area contributed by atoms with Gasteiger partial charge in [-0.25, -0.2) is 4.98 Å². The van der Waals surface area contributed by atoms with Crippen molar-refractivity contribution >= 4 is 17.0 Å². The summed E-state index contributed by atoms with van der Waals surface area (Å²) >= 11 is 1.59. The van der Waals surface area contributed by atoms with Crippen LogP contribution in [0.2, 0.25) is 0 Å². The second kappa shape index (κ2) is 4.42. The Kier molecular flexibility index (Phi) is 2.99. The molecule has 0 fully saturated rings. The lowest BCUT2D eigenvalue weighted by molar-refractivity contribution is 0.184. The molecule has 2 rings (SSSR count). The fourth-order valence-corrected chi connectivity index (χ4v) is 2.12. The summed E-state index contributed by atoms with van der Waals surface area (Å²) in [6.07, 6.45) is 0. The lowest BCUT2D eigenvalue weighted by Crippen LogP contribution is -1.90. The first-order valence-electron chi connectivity index (χ1n) is 4.59. The molecular weight excluding hydrogens is 208 g/mol. The highest BCUT2D eigenvalue weighted by Gasteiger charge is 2.06. The quantitative estimate of drug-likeness (QED) is 0.809. The number of methoxy groups -OCH3 is 1. The zero-order chi connectivity index (χ0) is 10.7. The van der Waals surface area contributed by atoms with Crippen LogP contribution >= 0.6 is 11.3 Å². The van der Waals surface area contributed by atoms with Gasteiger partial charge in [0.25, 0.3) is 0 Å². The fraction of sp³-hybridized carbons (Fsp3) is 0.182. The zero-order valence-electron chi connectivity index (χ0n) is 8.43. The first-order chi connectivity index (χ1) is 7.31. The molecule has 0 amide bonds. The van der Waals surface area contributed by atoms with Crippen LogP contribution in [-0.4, -0.2) is 12.1 Å². The molecule has 15 heavy (non-hydrogen) atoms. The van der Waals surface area contributed by atoms with Crippen LogP contribution in [0.15, 0.2) is 29.6 Å². The number of para-hydroxylation sites is 1. The second-order valence-corrected chi connectivity index (χ2v) is 4.09. The smallest absolute Gasteiger partial charge is 0.119 e. The van der Waals surface area contributed by atoms with Crippen molar-refractivity contribution in [2.24, 2.45) is 0 Å². The van der Waals surface area contributed by atoms with Crippen LogP contribution in [-0.2, 0) is 11.3 Å². The molecule has 1 heterocycles. The molecular formula is C11H12N2OS. The SMILES string of the molecule is COCc1nc(-c2ccccc2N)cs1. The summed E-state index contributed by atoms with van der Waals surface area (Å²) in [7, 11) is 1.66. The van der Waals surface area contributed by atoms with E-state index in [0.29, 0.717) is 6.61 Å². The van der Waals surface area contributed by atoms with Gasteiger partial charge in [-0.15, -0.1) is 11.3 Å². The molecule has 1 aromatic carbocycles. The lowest BCUT2D eigenvalue weighted by atomic mass is 10.1. The van der Waals surface area contributed by atoms with Gasteiger partial charge in [0.05, 0.1) is 12.3 Å². The number of nitrogens with two attached hydrogens (primary N) is 1. The average Bonchev–Trinajstić information content (AvgIpc) is 2.68. The van der Waals surface area contributed by atoms with E-state index in [0.717, 1.165) is 22.0 Å². The monoisotopic (exact) mass is 220 g/mol. The molecule has 0 spiro atoms. The third-order valence-electron chi connectivity index (χ3n) is 2.06. The van der Waals surface area contributed by atoms with E-state index in [2.05, 4.69) is 4.98 Å². The number of nitrogens with zero attached hydrogens (tertiary/aromatic N) is 1. The normalized spacial score (nSPS) is 10.5. The molecule has 0 atom stereocenters. The van der Waals surface area contributed by atoms with Gasteiger partial charge in [-0.05, 0) is 6.07 Å². The topological polar surface area (TPSA) is 48.1 Å². The minimum Gasteiger partial charge on any atom is -0.398 e. The number of hydrogen-bond acceptors (Lipinski definition) is 4. The summed E-state index contributed by atoms with van der Waals surface area (Å²) < 4.78 is 5.02. The largest absolute Gasteiger partial charge is 0.398 e. The van der Waals surface area contributed by atoms with Gasteiger partial charge in [-0.1, -0.05) is 18.2 Å². The van der Waals surface area contributed by atoms with E-state index in [1.807, 2.05) is 29.6 Å². The molecule has 0 aliphatic rings. The van der Waals surface area contributed by atoms with Crippen LogP contribution in [0.5, 0.6) is 0 Å². The van der Waals surface area contributed by atoms with E-state index in [9.17, 15) is 0 Å². The molecule has 0 aliphatic carbocycles. The molecule has 0 bridgehead atoms. The van der Waals surface area contributed by atoms with E-state index in [1.165, 1.54) is 0 Å². The van der Waals surface area contributed by atoms with Gasteiger partial charge in [-0.3, -0.25) is 0 Å². The zero-order valence-corrected chi connectivity index (χ0v) is 9.25. The predicted molar refractivity (Wildman–Crippen MR) is 62.7 cm³/mol. The van der Waals surface area contributed by atoms with Gasteiger partial charge in [0.2, 0.25) is 0 Å². The number of anilines is 1. The Morgan fingerprint density at radius 2 is 2.20 bits per heavy atom. The van der Waals surface area contributed by atoms with Crippen molar-refractivity contribution in [3.63, 3.8) is 0 Å². The van der Waals surface area contributed by atoms with Crippen LogP contribution in [0.1, 0.15) is 5.01 Å². The van der Waals surface area contributed by atoms with Crippen molar-refractivity contribution in [1.82, 2.24) is 4.98 Å². The molecule has 3 nitrogen and oxygen atoms in total. The number of benzene rings is 1. The van der Waals surface area contributed by atoms with Crippen LogP contribution in [0, 0.1) is 0 Å². The van der Waals surface area contributed by atoms with Crippen LogP contribution in [0.25, 0.3) is 11.3 Å². The standard InChI is InChI=1S/C11H12N2OS/c1-14-6-11-13-10(7-15-11)8-4-2-3-5-9(8)12/h2-5,7H,6,12H2,1H3. The average molecular weight is 220 g/mol. The van der Waals surface area contributed by atoms with Crippen molar-refractivity contribution in [1.29, 1.82) is 0 Å². The first kappa shape index (κ1) is 10.1. The minimum absolute atomic E-state index is 0.553. The van der Waals surface area contributed by atoms with Gasteiger partial charge >= 0.3 is 0 Å². The Morgan fingerprint density at radius 3 is 2.93 bits per heavy atom. The Labute approximate surface area is 92.5 Å². The van der Waals surface area contributed by atoms with E-state index in [-0.39, 0.29) is 0 Å². The van der Waals surface area contributed by atoms with Crippen LogP contribution in [0.3, 0.4) is 0 Å². The molecule has 1 aromatic heterocycles. The van der Waals surface area contributed by atoms with Crippen molar-refractivity contribution in [3.8, 4) is 11.3 Å². The van der Waals surface area contributed by atoms with E-state index in [4.69, 9.17) is 10.5 Å². The fourth-order valence-electron chi connectivity index (χ4n) is 1.35. The van der Waals surface area contributed by atoms with E-state index in [1.54, 1.807) is 18.4 Å². The Bertz CT molecular complexity index is 453. The maximum absolute atomic E-state index is 5.87. The second-order valence-electron chi connectivity index (χ2n) is 3.15. The van der Waals surface area contributed by atoms with Crippen molar-refractivity contribution in [2.45, 2.75) is 6.61 Å². The lowest BCUT2D eigenvalue weighted by Gasteiger charge is -2.00. The summed E-state index contributed by atoms with van der Waals surface area (Å²) in [6, 6.07) is 7.73. The number of hydrogen-bond donors (Lipinski definition) is 1. The number of thiazole rings is 1. The van der Waals surface area contributed by atoms with Crippen molar-refractivity contribution in [2.75, 3.05) is 12.8 Å². The molecule has 2 aromatic rings. The summed E-state index contributed by atoms with van der Waals surface area (Å²) in [5.74, 6) is 0. The summed E-state index contributed by atoms with van der Waals surface area (Å²) in [5, 5.41) is 2.97. The molecule has 0 aliphatic heterocycles. The molecule has 0 saturated heterocycles. The maximum Gasteiger partial charge on any atom is 0.119 e. The molecule has 4 heteroatoms. The van der Waals surface area contributed by atoms with Gasteiger partial charge in [-0.2, -0.15) is 0 Å². The van der Waals surface area contributed by atoms with Crippen molar-refractivity contribution in [3.05, 3.63) is 34.7 Å². The highest BCUT2D eigenvalue weighted by molar-refractivity contribution is 7.09. The number of rotatable bonds is 3. The third kappa shape index (κ3) is 2.16. The summed E-state index contributed by atoms with van der Waals surface area (Å²) in [4.78, 5) is 4.44. The molecule has 0 radical (unpaired) electrons.